The molecule has 0 radical (unpaired) electrons. The van der Waals surface area contributed by atoms with Gasteiger partial charge in [0.25, 0.3) is 0 Å². The van der Waals surface area contributed by atoms with Crippen LogP contribution in [0.25, 0.3) is 11.4 Å². The molecule has 1 amide bonds. The molecule has 5 nitrogen and oxygen atoms in total. The molecule has 1 aliphatic rings. The van der Waals surface area contributed by atoms with Gasteiger partial charge >= 0.3 is 0 Å². The second-order valence-corrected chi connectivity index (χ2v) is 6.78. The number of nitrogens with zero attached hydrogens (tertiary/aromatic N) is 3. The van der Waals surface area contributed by atoms with Crippen LogP contribution in [0.1, 0.15) is 25.3 Å². The van der Waals surface area contributed by atoms with Crippen molar-refractivity contribution in [2.75, 3.05) is 13.1 Å². The molecule has 1 aromatic carbocycles. The van der Waals surface area contributed by atoms with Crippen LogP contribution >= 0.6 is 12.2 Å². The predicted octanol–water partition coefficient (Wildman–Crippen LogP) is 3.17. The highest BCUT2D eigenvalue weighted by molar-refractivity contribution is 7.71. The van der Waals surface area contributed by atoms with Crippen LogP contribution in [0.4, 0.5) is 0 Å². The van der Waals surface area contributed by atoms with Crippen LogP contribution in [-0.2, 0) is 11.3 Å². The van der Waals surface area contributed by atoms with Crippen LogP contribution in [-0.4, -0.2) is 38.7 Å². The van der Waals surface area contributed by atoms with Gasteiger partial charge in [-0.15, -0.1) is 0 Å². The molecule has 0 unspecified atom stereocenters. The van der Waals surface area contributed by atoms with E-state index in [1.54, 1.807) is 4.57 Å². The Labute approximate surface area is 141 Å². The number of hydrogen-bond donors (Lipinski definition) is 1. The third kappa shape index (κ3) is 3.52. The van der Waals surface area contributed by atoms with Gasteiger partial charge in [0.15, 0.2) is 10.6 Å². The number of carbonyl (C=O) groups is 1. The molecule has 1 fully saturated rings. The van der Waals surface area contributed by atoms with Crippen LogP contribution in [0, 0.1) is 17.6 Å². The molecule has 1 atom stereocenters. The summed E-state index contributed by atoms with van der Waals surface area (Å²) in [6.45, 7) is 6.15. The quantitative estimate of drug-likeness (QED) is 0.880. The first-order chi connectivity index (χ1) is 11.0. The third-order valence-electron chi connectivity index (χ3n) is 4.34. The number of piperidine rings is 1. The number of benzene rings is 1. The van der Waals surface area contributed by atoms with Crippen LogP contribution in [0.5, 0.6) is 0 Å². The molecule has 1 aliphatic heterocycles. The fourth-order valence-corrected chi connectivity index (χ4v) is 3.32. The highest BCUT2D eigenvalue weighted by Crippen LogP contribution is 2.20. The Balaban J connectivity index is 1.84. The first-order valence-electron chi connectivity index (χ1n) is 8.04. The van der Waals surface area contributed by atoms with Gasteiger partial charge in [0.2, 0.25) is 5.91 Å². The summed E-state index contributed by atoms with van der Waals surface area (Å²) in [5, 5.41) is 7.13. The van der Waals surface area contributed by atoms with Crippen molar-refractivity contribution in [2.45, 2.75) is 33.2 Å². The van der Waals surface area contributed by atoms with Crippen molar-refractivity contribution < 1.29 is 4.79 Å². The number of aromatic nitrogens is 3. The Morgan fingerprint density at radius 1 is 1.48 bits per heavy atom. The van der Waals surface area contributed by atoms with E-state index in [0.717, 1.165) is 36.5 Å². The van der Waals surface area contributed by atoms with Crippen LogP contribution in [0.3, 0.4) is 0 Å². The summed E-state index contributed by atoms with van der Waals surface area (Å²) in [4.78, 5) is 14.6. The number of H-pyrrole nitrogens is 1. The molecule has 0 saturated carbocycles. The normalized spacial score (nSPS) is 18.2. The number of nitrogens with one attached hydrogen (secondary N) is 1. The average molecular weight is 330 g/mol. The van der Waals surface area contributed by atoms with Gasteiger partial charge in [-0.05, 0) is 44.0 Å². The number of hydrogen-bond acceptors (Lipinski definition) is 3. The Morgan fingerprint density at radius 2 is 2.30 bits per heavy atom. The summed E-state index contributed by atoms with van der Waals surface area (Å²) in [5.74, 6) is 1.40. The van der Waals surface area contributed by atoms with Crippen LogP contribution in [0.2, 0.25) is 0 Å². The minimum absolute atomic E-state index is 0.114. The summed E-state index contributed by atoms with van der Waals surface area (Å²) in [7, 11) is 0. The second-order valence-electron chi connectivity index (χ2n) is 6.40. The van der Waals surface area contributed by atoms with E-state index >= 15 is 0 Å². The number of aromatic amines is 1. The van der Waals surface area contributed by atoms with E-state index in [4.69, 9.17) is 12.2 Å². The van der Waals surface area contributed by atoms with Gasteiger partial charge in [0.05, 0.1) is 0 Å². The predicted molar refractivity (Wildman–Crippen MR) is 92.6 cm³/mol. The van der Waals surface area contributed by atoms with Crippen molar-refractivity contribution in [3.63, 3.8) is 0 Å². The Kier molecular flexibility index (Phi) is 4.61. The van der Waals surface area contributed by atoms with Crippen molar-refractivity contribution >= 4 is 18.1 Å². The van der Waals surface area contributed by atoms with E-state index < -0.39 is 0 Å². The molecule has 0 aliphatic carbocycles. The van der Waals surface area contributed by atoms with Crippen molar-refractivity contribution in [1.82, 2.24) is 19.7 Å². The maximum absolute atomic E-state index is 12.6. The summed E-state index contributed by atoms with van der Waals surface area (Å²) in [6.07, 6.45) is 2.28. The van der Waals surface area contributed by atoms with Gasteiger partial charge in [-0.2, -0.15) is 5.10 Å². The van der Waals surface area contributed by atoms with Gasteiger partial charge in [-0.25, -0.2) is 0 Å². The lowest BCUT2D eigenvalue weighted by molar-refractivity contribution is -0.133. The Morgan fingerprint density at radius 3 is 3.04 bits per heavy atom. The number of likely N-dealkylation sites (tertiary alicyclic amines) is 1. The number of amides is 1. The van der Waals surface area contributed by atoms with Gasteiger partial charge in [-0.1, -0.05) is 30.7 Å². The first-order valence-corrected chi connectivity index (χ1v) is 8.45. The van der Waals surface area contributed by atoms with E-state index in [2.05, 4.69) is 23.2 Å². The van der Waals surface area contributed by atoms with Crippen LogP contribution in [0.15, 0.2) is 24.3 Å². The maximum Gasteiger partial charge on any atom is 0.242 e. The average Bonchev–Trinajstić information content (AvgIpc) is 2.88. The largest absolute Gasteiger partial charge is 0.341 e. The monoisotopic (exact) mass is 330 g/mol. The lowest BCUT2D eigenvalue weighted by atomic mass is 10.0. The summed E-state index contributed by atoms with van der Waals surface area (Å²) in [5.41, 5.74) is 2.12. The van der Waals surface area contributed by atoms with E-state index in [9.17, 15) is 4.79 Å². The highest BCUT2D eigenvalue weighted by atomic mass is 32.1. The van der Waals surface area contributed by atoms with Crippen molar-refractivity contribution in [3.8, 4) is 11.4 Å². The molecule has 1 saturated heterocycles. The zero-order valence-corrected chi connectivity index (χ0v) is 14.4. The number of carbonyl (C=O) groups excluding carboxylic acids is 1. The fraction of sp³-hybridized carbons (Fsp3) is 0.471. The molecule has 122 valence electrons. The van der Waals surface area contributed by atoms with Gasteiger partial charge in [0, 0.05) is 18.7 Å². The topological polar surface area (TPSA) is 53.9 Å². The molecule has 3 rings (SSSR count). The molecule has 1 aromatic heterocycles. The van der Waals surface area contributed by atoms with E-state index in [-0.39, 0.29) is 12.5 Å². The molecule has 0 spiro atoms. The molecular formula is C17H22N4OS. The molecule has 6 heteroatoms. The van der Waals surface area contributed by atoms with E-state index in [1.165, 1.54) is 6.42 Å². The van der Waals surface area contributed by atoms with E-state index in [0.29, 0.717) is 10.7 Å². The minimum atomic E-state index is 0.114. The third-order valence-corrected chi connectivity index (χ3v) is 4.65. The lowest BCUT2D eigenvalue weighted by Gasteiger charge is -2.31. The highest BCUT2D eigenvalue weighted by Gasteiger charge is 2.22. The molecule has 23 heavy (non-hydrogen) atoms. The van der Waals surface area contributed by atoms with Crippen LogP contribution < -0.4 is 0 Å². The van der Waals surface area contributed by atoms with Gasteiger partial charge in [-0.3, -0.25) is 14.5 Å². The standard InChI is InChI=1S/C17H22N4OS/c1-12-5-3-7-14(9-12)16-18-19-17(23)21(16)11-15(22)20-8-4-6-13(2)10-20/h3,5,7,9,13H,4,6,8,10-11H2,1-2H3,(H,19,23)/t13-/m0/s1. The molecule has 2 heterocycles. The zero-order chi connectivity index (χ0) is 16.4. The zero-order valence-electron chi connectivity index (χ0n) is 13.6. The van der Waals surface area contributed by atoms with Gasteiger partial charge in [0.1, 0.15) is 6.54 Å². The minimum Gasteiger partial charge on any atom is -0.341 e. The molecular weight excluding hydrogens is 308 g/mol. The summed E-state index contributed by atoms with van der Waals surface area (Å²) < 4.78 is 2.28. The van der Waals surface area contributed by atoms with Crippen molar-refractivity contribution in [2.24, 2.45) is 5.92 Å². The van der Waals surface area contributed by atoms with E-state index in [1.807, 2.05) is 30.0 Å². The first kappa shape index (κ1) is 15.9. The number of aryl methyl sites for hydroxylation is 1. The van der Waals surface area contributed by atoms with Gasteiger partial charge < -0.3 is 4.90 Å². The Bertz CT molecular complexity index is 764. The smallest absolute Gasteiger partial charge is 0.242 e. The lowest BCUT2D eigenvalue weighted by Crippen LogP contribution is -2.40. The summed E-state index contributed by atoms with van der Waals surface area (Å²) in [6, 6.07) is 8.06. The summed E-state index contributed by atoms with van der Waals surface area (Å²) >= 11 is 5.32. The number of rotatable bonds is 3. The Hall–Kier alpha value is -1.95. The van der Waals surface area contributed by atoms with Crippen molar-refractivity contribution in [1.29, 1.82) is 0 Å². The molecule has 0 bridgehead atoms. The molecule has 1 N–H and O–H groups in total. The van der Waals surface area contributed by atoms with Crippen molar-refractivity contribution in [3.05, 3.63) is 34.6 Å². The molecule has 2 aromatic rings. The fourth-order valence-electron chi connectivity index (χ4n) is 3.12. The SMILES string of the molecule is Cc1cccc(-c2n[nH]c(=S)n2CC(=O)N2CCC[C@H](C)C2)c1. The maximum atomic E-state index is 12.6. The second kappa shape index (κ2) is 6.66.